The van der Waals surface area contributed by atoms with Gasteiger partial charge in [-0.1, -0.05) is 19.1 Å². The molecule has 1 amide bonds. The molecule has 0 saturated carbocycles. The highest BCUT2D eigenvalue weighted by atomic mass is 16.5. The van der Waals surface area contributed by atoms with E-state index in [0.717, 1.165) is 24.4 Å². The van der Waals surface area contributed by atoms with Crippen LogP contribution in [0.1, 0.15) is 24.5 Å². The molecule has 2 N–H and O–H groups in total. The van der Waals surface area contributed by atoms with E-state index in [2.05, 4.69) is 23.6 Å². The van der Waals surface area contributed by atoms with Gasteiger partial charge in [0.05, 0.1) is 13.0 Å². The number of benzene rings is 1. The van der Waals surface area contributed by atoms with Crippen molar-refractivity contribution < 1.29 is 9.53 Å². The zero-order valence-electron chi connectivity index (χ0n) is 12.1. The maximum Gasteiger partial charge on any atom is 0.223 e. The summed E-state index contributed by atoms with van der Waals surface area (Å²) < 4.78 is 5.64. The first-order valence-electron chi connectivity index (χ1n) is 6.81. The molecule has 0 radical (unpaired) electrons. The third-order valence-corrected chi connectivity index (χ3v) is 3.02. The fraction of sp³-hybridized carbons (Fsp3) is 0.533. The topological polar surface area (TPSA) is 50.4 Å². The molecule has 0 heterocycles. The van der Waals surface area contributed by atoms with Gasteiger partial charge in [0.2, 0.25) is 5.91 Å². The Kier molecular flexibility index (Phi) is 6.97. The van der Waals surface area contributed by atoms with Gasteiger partial charge in [-0.25, -0.2) is 0 Å². The molecular weight excluding hydrogens is 240 g/mol. The van der Waals surface area contributed by atoms with Crippen LogP contribution < -0.4 is 15.4 Å². The number of aryl methyl sites for hydroxylation is 1. The van der Waals surface area contributed by atoms with Crippen LogP contribution in [0, 0.1) is 13.8 Å². The van der Waals surface area contributed by atoms with E-state index in [-0.39, 0.29) is 5.91 Å². The van der Waals surface area contributed by atoms with Crippen LogP contribution >= 0.6 is 0 Å². The average molecular weight is 264 g/mol. The van der Waals surface area contributed by atoms with E-state index >= 15 is 0 Å². The highest BCUT2D eigenvalue weighted by Crippen LogP contribution is 2.20. The Labute approximate surface area is 115 Å². The zero-order chi connectivity index (χ0) is 14.1. The Bertz CT molecular complexity index is 405. The number of likely N-dealkylation sites (N-methyl/N-ethyl adjacent to an activating group) is 1. The molecule has 1 aromatic carbocycles. The minimum absolute atomic E-state index is 0.0307. The fourth-order valence-electron chi connectivity index (χ4n) is 1.69. The average Bonchev–Trinajstić information content (AvgIpc) is 2.40. The van der Waals surface area contributed by atoms with E-state index in [1.54, 1.807) is 0 Å². The van der Waals surface area contributed by atoms with E-state index in [1.165, 1.54) is 5.56 Å². The standard InChI is InChI=1S/C15H24N2O2/c1-4-16-9-10-17-15(18)8-11-19-14-7-5-6-12(2)13(14)3/h5-7,16H,4,8-11H2,1-3H3,(H,17,18). The highest BCUT2D eigenvalue weighted by molar-refractivity contribution is 5.75. The summed E-state index contributed by atoms with van der Waals surface area (Å²) in [5, 5.41) is 6.00. The summed E-state index contributed by atoms with van der Waals surface area (Å²) in [6, 6.07) is 5.95. The van der Waals surface area contributed by atoms with Crippen molar-refractivity contribution in [2.75, 3.05) is 26.2 Å². The summed E-state index contributed by atoms with van der Waals surface area (Å²) >= 11 is 0. The quantitative estimate of drug-likeness (QED) is 0.704. The Morgan fingerprint density at radius 2 is 2.05 bits per heavy atom. The van der Waals surface area contributed by atoms with Crippen molar-refractivity contribution in [1.29, 1.82) is 0 Å². The number of hydrogen-bond acceptors (Lipinski definition) is 3. The first-order valence-corrected chi connectivity index (χ1v) is 6.81. The zero-order valence-corrected chi connectivity index (χ0v) is 12.1. The summed E-state index contributed by atoms with van der Waals surface area (Å²) in [4.78, 5) is 11.5. The summed E-state index contributed by atoms with van der Waals surface area (Å²) in [5.41, 5.74) is 2.34. The molecule has 0 aliphatic heterocycles. The van der Waals surface area contributed by atoms with Gasteiger partial charge in [0.1, 0.15) is 5.75 Å². The molecule has 106 valence electrons. The van der Waals surface area contributed by atoms with Crippen LogP contribution in [0.4, 0.5) is 0 Å². The number of ether oxygens (including phenoxy) is 1. The summed E-state index contributed by atoms with van der Waals surface area (Å²) in [5.74, 6) is 0.892. The normalized spacial score (nSPS) is 10.3. The number of amides is 1. The molecule has 0 saturated heterocycles. The van der Waals surface area contributed by atoms with E-state index < -0.39 is 0 Å². The van der Waals surface area contributed by atoms with Crippen LogP contribution in [0.3, 0.4) is 0 Å². The maximum atomic E-state index is 11.5. The molecule has 0 fully saturated rings. The van der Waals surface area contributed by atoms with Gasteiger partial charge < -0.3 is 15.4 Å². The lowest BCUT2D eigenvalue weighted by Crippen LogP contribution is -2.32. The number of carbonyl (C=O) groups is 1. The van der Waals surface area contributed by atoms with Gasteiger partial charge in [0.25, 0.3) is 0 Å². The second-order valence-corrected chi connectivity index (χ2v) is 4.50. The molecule has 0 aromatic heterocycles. The van der Waals surface area contributed by atoms with Gasteiger partial charge >= 0.3 is 0 Å². The minimum atomic E-state index is 0.0307. The molecule has 1 aromatic rings. The lowest BCUT2D eigenvalue weighted by molar-refractivity contribution is -0.121. The molecule has 0 unspecified atom stereocenters. The molecule has 19 heavy (non-hydrogen) atoms. The molecule has 1 rings (SSSR count). The second kappa shape index (κ2) is 8.53. The van der Waals surface area contributed by atoms with Crippen LogP contribution in [0.5, 0.6) is 5.75 Å². The van der Waals surface area contributed by atoms with Gasteiger partial charge in [-0.05, 0) is 37.6 Å². The predicted octanol–water partition coefficient (Wildman–Crippen LogP) is 1.80. The van der Waals surface area contributed by atoms with Gasteiger partial charge in [0, 0.05) is 13.1 Å². The molecular formula is C15H24N2O2. The molecule has 0 spiro atoms. The van der Waals surface area contributed by atoms with Crippen molar-refractivity contribution in [2.24, 2.45) is 0 Å². The van der Waals surface area contributed by atoms with Crippen LogP contribution in [0.2, 0.25) is 0 Å². The summed E-state index contributed by atoms with van der Waals surface area (Å²) in [6.07, 6.45) is 0.388. The first kappa shape index (κ1) is 15.5. The molecule has 0 aliphatic carbocycles. The summed E-state index contributed by atoms with van der Waals surface area (Å²) in [7, 11) is 0. The number of nitrogens with one attached hydrogen (secondary N) is 2. The van der Waals surface area contributed by atoms with Gasteiger partial charge in [-0.3, -0.25) is 4.79 Å². The Hall–Kier alpha value is -1.55. The first-order chi connectivity index (χ1) is 9.15. The van der Waals surface area contributed by atoms with E-state index in [4.69, 9.17) is 4.74 Å². The van der Waals surface area contributed by atoms with Crippen molar-refractivity contribution in [2.45, 2.75) is 27.2 Å². The Balaban J connectivity index is 2.23. The lowest BCUT2D eigenvalue weighted by atomic mass is 10.1. The van der Waals surface area contributed by atoms with E-state index in [1.807, 2.05) is 26.0 Å². The Morgan fingerprint density at radius 1 is 1.26 bits per heavy atom. The van der Waals surface area contributed by atoms with Crippen LogP contribution in [0.15, 0.2) is 18.2 Å². The summed E-state index contributed by atoms with van der Waals surface area (Å²) in [6.45, 7) is 8.93. The fourth-order valence-corrected chi connectivity index (χ4v) is 1.69. The maximum absolute atomic E-state index is 11.5. The van der Waals surface area contributed by atoms with Gasteiger partial charge in [-0.2, -0.15) is 0 Å². The van der Waals surface area contributed by atoms with Gasteiger partial charge in [-0.15, -0.1) is 0 Å². The largest absolute Gasteiger partial charge is 0.493 e. The number of hydrogen-bond donors (Lipinski definition) is 2. The third-order valence-electron chi connectivity index (χ3n) is 3.02. The minimum Gasteiger partial charge on any atom is -0.493 e. The molecule has 0 aliphatic rings. The molecule has 0 bridgehead atoms. The third kappa shape index (κ3) is 5.75. The molecule has 4 heteroatoms. The molecule has 0 atom stereocenters. The highest BCUT2D eigenvalue weighted by Gasteiger charge is 2.04. The Morgan fingerprint density at radius 3 is 2.79 bits per heavy atom. The van der Waals surface area contributed by atoms with E-state index in [0.29, 0.717) is 19.6 Å². The van der Waals surface area contributed by atoms with Crippen LogP contribution in [-0.4, -0.2) is 32.1 Å². The second-order valence-electron chi connectivity index (χ2n) is 4.50. The smallest absolute Gasteiger partial charge is 0.223 e. The van der Waals surface area contributed by atoms with Crippen molar-refractivity contribution in [3.8, 4) is 5.75 Å². The van der Waals surface area contributed by atoms with Gasteiger partial charge in [0.15, 0.2) is 0 Å². The van der Waals surface area contributed by atoms with Crippen LogP contribution in [0.25, 0.3) is 0 Å². The molecule has 4 nitrogen and oxygen atoms in total. The lowest BCUT2D eigenvalue weighted by Gasteiger charge is -2.11. The number of rotatable bonds is 8. The number of carbonyl (C=O) groups excluding carboxylic acids is 1. The SMILES string of the molecule is CCNCCNC(=O)CCOc1cccc(C)c1C. The predicted molar refractivity (Wildman–Crippen MR) is 77.6 cm³/mol. The monoisotopic (exact) mass is 264 g/mol. The van der Waals surface area contributed by atoms with Crippen molar-refractivity contribution in [3.63, 3.8) is 0 Å². The van der Waals surface area contributed by atoms with Crippen molar-refractivity contribution in [3.05, 3.63) is 29.3 Å². The van der Waals surface area contributed by atoms with E-state index in [9.17, 15) is 4.79 Å². The van der Waals surface area contributed by atoms with Crippen molar-refractivity contribution >= 4 is 5.91 Å². The van der Waals surface area contributed by atoms with Crippen LogP contribution in [-0.2, 0) is 4.79 Å². The van der Waals surface area contributed by atoms with Crippen molar-refractivity contribution in [1.82, 2.24) is 10.6 Å².